The first-order chi connectivity index (χ1) is 11.5. The Hall–Kier alpha value is -1.15. The summed E-state index contributed by atoms with van der Waals surface area (Å²) in [5.41, 5.74) is 1.10. The zero-order valence-electron chi connectivity index (χ0n) is 14.3. The van der Waals surface area contributed by atoms with Crippen molar-refractivity contribution < 1.29 is 17.9 Å². The van der Waals surface area contributed by atoms with Gasteiger partial charge in [-0.15, -0.1) is 0 Å². The first kappa shape index (κ1) is 17.7. The summed E-state index contributed by atoms with van der Waals surface area (Å²) in [6.07, 6.45) is 0. The summed E-state index contributed by atoms with van der Waals surface area (Å²) < 4.78 is 37.3. The van der Waals surface area contributed by atoms with E-state index < -0.39 is 10.0 Å². The smallest absolute Gasteiger partial charge is 0.211 e. The average Bonchev–Trinajstić information content (AvgIpc) is 3.10. The van der Waals surface area contributed by atoms with E-state index in [1.165, 1.54) is 5.56 Å². The minimum atomic E-state index is -3.18. The van der Waals surface area contributed by atoms with Crippen LogP contribution in [-0.2, 0) is 21.3 Å². The van der Waals surface area contributed by atoms with E-state index >= 15 is 0 Å². The van der Waals surface area contributed by atoms with E-state index in [4.69, 9.17) is 9.47 Å². The lowest BCUT2D eigenvalue weighted by Gasteiger charge is -2.27. The topological polar surface area (TPSA) is 67.9 Å². The van der Waals surface area contributed by atoms with Crippen molar-refractivity contribution in [1.29, 1.82) is 0 Å². The van der Waals surface area contributed by atoms with Crippen LogP contribution in [0.25, 0.3) is 0 Å². The number of rotatable bonds is 7. The number of benzene rings is 1. The number of ether oxygens (including phenoxy) is 2. The molecular formula is C17H26N2O4S. The highest BCUT2D eigenvalue weighted by Gasteiger charge is 2.50. The predicted molar refractivity (Wildman–Crippen MR) is 92.5 cm³/mol. The van der Waals surface area contributed by atoms with E-state index in [0.717, 1.165) is 25.4 Å². The fourth-order valence-electron chi connectivity index (χ4n) is 3.70. The molecule has 24 heavy (non-hydrogen) atoms. The van der Waals surface area contributed by atoms with Crippen LogP contribution < -0.4 is 9.46 Å². The Morgan fingerprint density at radius 1 is 1.46 bits per heavy atom. The van der Waals surface area contributed by atoms with Crippen LogP contribution in [0.1, 0.15) is 12.5 Å². The molecule has 0 saturated carbocycles. The van der Waals surface area contributed by atoms with Crippen molar-refractivity contribution in [2.24, 2.45) is 11.3 Å². The molecule has 1 aromatic rings. The highest BCUT2D eigenvalue weighted by Crippen LogP contribution is 2.41. The van der Waals surface area contributed by atoms with Gasteiger partial charge in [0.15, 0.2) is 0 Å². The molecule has 0 bridgehead atoms. The summed E-state index contributed by atoms with van der Waals surface area (Å²) in [4.78, 5) is 2.39. The summed E-state index contributed by atoms with van der Waals surface area (Å²) in [7, 11) is -1.50. The molecule has 0 aliphatic carbocycles. The van der Waals surface area contributed by atoms with Crippen LogP contribution in [0.3, 0.4) is 0 Å². The summed E-state index contributed by atoms with van der Waals surface area (Å²) in [5, 5.41) is 0. The highest BCUT2D eigenvalue weighted by atomic mass is 32.2. The second-order valence-electron chi connectivity index (χ2n) is 6.82. The van der Waals surface area contributed by atoms with Gasteiger partial charge in [0.1, 0.15) is 5.75 Å². The van der Waals surface area contributed by atoms with Gasteiger partial charge in [0, 0.05) is 37.5 Å². The lowest BCUT2D eigenvalue weighted by atomic mass is 9.81. The first-order valence-electron chi connectivity index (χ1n) is 8.37. The molecule has 2 saturated heterocycles. The van der Waals surface area contributed by atoms with Gasteiger partial charge < -0.3 is 9.47 Å². The summed E-state index contributed by atoms with van der Waals surface area (Å²) in [5.74, 6) is 1.35. The van der Waals surface area contributed by atoms with Crippen molar-refractivity contribution in [1.82, 2.24) is 9.62 Å². The largest absolute Gasteiger partial charge is 0.497 e. The molecule has 2 heterocycles. The summed E-state index contributed by atoms with van der Waals surface area (Å²) in [6.45, 7) is 6.08. The third-order valence-corrected chi connectivity index (χ3v) is 6.50. The van der Waals surface area contributed by atoms with E-state index in [0.29, 0.717) is 25.7 Å². The minimum Gasteiger partial charge on any atom is -0.497 e. The molecule has 2 aliphatic heterocycles. The number of sulfonamides is 1. The Morgan fingerprint density at radius 3 is 3.04 bits per heavy atom. The number of hydrogen-bond acceptors (Lipinski definition) is 5. The molecule has 6 nitrogen and oxygen atoms in total. The normalized spacial score (nSPS) is 27.3. The molecule has 2 fully saturated rings. The van der Waals surface area contributed by atoms with Crippen molar-refractivity contribution in [2.45, 2.75) is 13.5 Å². The second-order valence-corrected chi connectivity index (χ2v) is 8.92. The first-order valence-corrected chi connectivity index (χ1v) is 10.0. The molecule has 3 rings (SSSR count). The van der Waals surface area contributed by atoms with Crippen molar-refractivity contribution in [3.63, 3.8) is 0 Å². The SMILES string of the molecule is CCS(=O)(=O)NC[C@]12COC[C@H]1CN(Cc1cccc(OC)c1)C2. The Labute approximate surface area is 144 Å². The van der Waals surface area contributed by atoms with Gasteiger partial charge in [-0.1, -0.05) is 12.1 Å². The summed E-state index contributed by atoms with van der Waals surface area (Å²) in [6, 6.07) is 8.09. The number of nitrogens with one attached hydrogen (secondary N) is 1. The molecular weight excluding hydrogens is 328 g/mol. The molecule has 0 aromatic heterocycles. The Morgan fingerprint density at radius 2 is 2.29 bits per heavy atom. The van der Waals surface area contributed by atoms with Gasteiger partial charge >= 0.3 is 0 Å². The standard InChI is InChI=1S/C17H26N2O4S/c1-3-24(20,21)18-11-17-12-19(9-15(17)10-23-13-17)8-14-5-4-6-16(7-14)22-2/h4-7,15,18H,3,8-13H2,1-2H3/t15-,17+/m1/s1. The molecule has 1 N–H and O–H groups in total. The molecule has 134 valence electrons. The maximum absolute atomic E-state index is 11.8. The molecule has 2 atom stereocenters. The van der Waals surface area contributed by atoms with Gasteiger partial charge in [0.05, 0.1) is 26.1 Å². The fraction of sp³-hybridized carbons (Fsp3) is 0.647. The highest BCUT2D eigenvalue weighted by molar-refractivity contribution is 7.89. The molecule has 7 heteroatoms. The molecule has 0 unspecified atom stereocenters. The number of hydrogen-bond donors (Lipinski definition) is 1. The van der Waals surface area contributed by atoms with Crippen LogP contribution in [0.15, 0.2) is 24.3 Å². The zero-order chi connectivity index (χ0) is 17.2. The minimum absolute atomic E-state index is 0.110. The zero-order valence-corrected chi connectivity index (χ0v) is 15.1. The van der Waals surface area contributed by atoms with Crippen LogP contribution in [0, 0.1) is 11.3 Å². The molecule has 0 spiro atoms. The Balaban J connectivity index is 1.67. The third-order valence-electron chi connectivity index (χ3n) is 5.16. The van der Waals surface area contributed by atoms with Crippen molar-refractivity contribution in [3.8, 4) is 5.75 Å². The van der Waals surface area contributed by atoms with Gasteiger partial charge in [-0.25, -0.2) is 13.1 Å². The van der Waals surface area contributed by atoms with Crippen LogP contribution in [-0.4, -0.2) is 59.0 Å². The van der Waals surface area contributed by atoms with Crippen LogP contribution in [0.5, 0.6) is 5.75 Å². The van der Waals surface area contributed by atoms with E-state index in [2.05, 4.69) is 21.8 Å². The second kappa shape index (κ2) is 7.00. The quantitative estimate of drug-likeness (QED) is 0.794. The molecule has 2 aliphatic rings. The van der Waals surface area contributed by atoms with Crippen molar-refractivity contribution >= 4 is 10.0 Å². The van der Waals surface area contributed by atoms with Crippen LogP contribution in [0.4, 0.5) is 0 Å². The van der Waals surface area contributed by atoms with Crippen molar-refractivity contribution in [2.75, 3.05) is 45.7 Å². The predicted octanol–water partition coefficient (Wildman–Crippen LogP) is 1.08. The van der Waals surface area contributed by atoms with Gasteiger partial charge in [-0.3, -0.25) is 4.90 Å². The van der Waals surface area contributed by atoms with Gasteiger partial charge in [0.25, 0.3) is 0 Å². The lowest BCUT2D eigenvalue weighted by Crippen LogP contribution is -2.43. The number of fused-ring (bicyclic) bond motifs is 1. The van der Waals surface area contributed by atoms with Crippen molar-refractivity contribution in [3.05, 3.63) is 29.8 Å². The molecule has 1 aromatic carbocycles. The molecule has 0 radical (unpaired) electrons. The molecule has 0 amide bonds. The van der Waals surface area contributed by atoms with E-state index in [1.54, 1.807) is 14.0 Å². The van der Waals surface area contributed by atoms with E-state index in [9.17, 15) is 8.42 Å². The third kappa shape index (κ3) is 3.74. The van der Waals surface area contributed by atoms with E-state index in [1.807, 2.05) is 12.1 Å². The number of methoxy groups -OCH3 is 1. The number of likely N-dealkylation sites (tertiary alicyclic amines) is 1. The fourth-order valence-corrected chi connectivity index (χ4v) is 4.41. The summed E-state index contributed by atoms with van der Waals surface area (Å²) >= 11 is 0. The van der Waals surface area contributed by atoms with Gasteiger partial charge in [-0.2, -0.15) is 0 Å². The van der Waals surface area contributed by atoms with Gasteiger partial charge in [0.2, 0.25) is 10.0 Å². The van der Waals surface area contributed by atoms with E-state index in [-0.39, 0.29) is 11.2 Å². The van der Waals surface area contributed by atoms with Crippen LogP contribution >= 0.6 is 0 Å². The lowest BCUT2D eigenvalue weighted by molar-refractivity contribution is 0.128. The maximum atomic E-state index is 11.8. The van der Waals surface area contributed by atoms with Gasteiger partial charge in [-0.05, 0) is 24.6 Å². The Bertz CT molecular complexity index is 679. The van der Waals surface area contributed by atoms with Crippen LogP contribution in [0.2, 0.25) is 0 Å². The Kier molecular flexibility index (Phi) is 5.15. The number of nitrogens with zero attached hydrogens (tertiary/aromatic N) is 1. The maximum Gasteiger partial charge on any atom is 0.211 e. The monoisotopic (exact) mass is 354 g/mol. The average molecular weight is 354 g/mol.